The predicted molar refractivity (Wildman–Crippen MR) is 167 cm³/mol. The molecule has 1 fully saturated rings. The van der Waals surface area contributed by atoms with Crippen molar-refractivity contribution in [3.8, 4) is 0 Å². The van der Waals surface area contributed by atoms with Crippen molar-refractivity contribution in [2.24, 2.45) is 16.3 Å². The van der Waals surface area contributed by atoms with Crippen molar-refractivity contribution in [1.29, 1.82) is 0 Å². The number of sulfonamides is 1. The lowest BCUT2D eigenvalue weighted by atomic mass is 9.82. The molecule has 1 saturated carbocycles. The number of benzene rings is 1. The van der Waals surface area contributed by atoms with Gasteiger partial charge in [-0.15, -0.1) is 11.3 Å². The van der Waals surface area contributed by atoms with Crippen LogP contribution >= 0.6 is 22.9 Å². The molecule has 246 valence electrons. The van der Waals surface area contributed by atoms with Gasteiger partial charge in [-0.1, -0.05) is 17.7 Å². The molecule has 1 aromatic carbocycles. The average Bonchev–Trinajstić information content (AvgIpc) is 3.53. The lowest BCUT2D eigenvalue weighted by Gasteiger charge is -2.35. The van der Waals surface area contributed by atoms with E-state index in [1.54, 1.807) is 46.2 Å². The minimum absolute atomic E-state index is 0.0641. The van der Waals surface area contributed by atoms with E-state index in [1.807, 2.05) is 0 Å². The lowest BCUT2D eigenvalue weighted by molar-refractivity contribution is -0.165. The zero-order valence-electron chi connectivity index (χ0n) is 25.9. The quantitative estimate of drug-likeness (QED) is 0.263. The number of carbonyl (C=O) groups is 2. The topological polar surface area (TPSA) is 136 Å². The second-order valence-electron chi connectivity index (χ2n) is 12.7. The number of nitrogens with zero attached hydrogens (tertiary/aromatic N) is 2. The lowest BCUT2D eigenvalue weighted by Crippen LogP contribution is -2.46. The summed E-state index contributed by atoms with van der Waals surface area (Å²) in [6, 6.07) is 1.04. The van der Waals surface area contributed by atoms with Gasteiger partial charge >= 0.3 is 11.9 Å². The van der Waals surface area contributed by atoms with Crippen LogP contribution in [0.2, 0.25) is 5.02 Å². The van der Waals surface area contributed by atoms with Crippen LogP contribution < -0.4 is 10.0 Å². The number of ether oxygens (including phenoxy) is 2. The van der Waals surface area contributed by atoms with Gasteiger partial charge in [-0.25, -0.2) is 31.7 Å². The van der Waals surface area contributed by atoms with Crippen LogP contribution in [0.1, 0.15) is 76.9 Å². The second-order valence-corrected chi connectivity index (χ2v) is 16.0. The molecule has 2 N–H and O–H groups in total. The molecule has 2 heterocycles. The maximum atomic E-state index is 14.6. The fourth-order valence-corrected chi connectivity index (χ4v) is 7.73. The minimum atomic E-state index is -3.81. The van der Waals surface area contributed by atoms with Gasteiger partial charge in [-0.3, -0.25) is 9.79 Å². The van der Waals surface area contributed by atoms with E-state index in [-0.39, 0.29) is 36.4 Å². The molecule has 15 heteroatoms. The van der Waals surface area contributed by atoms with Crippen LogP contribution in [-0.2, 0) is 29.1 Å². The normalized spacial score (nSPS) is 21.2. The molecule has 0 amide bonds. The van der Waals surface area contributed by atoms with Crippen LogP contribution in [-0.4, -0.2) is 55.7 Å². The molecule has 45 heavy (non-hydrogen) atoms. The molecule has 2 aliphatic rings. The summed E-state index contributed by atoms with van der Waals surface area (Å²) in [6.07, 6.45) is 2.83. The highest BCUT2D eigenvalue weighted by Gasteiger charge is 2.41. The highest BCUT2D eigenvalue weighted by Crippen LogP contribution is 2.42. The average molecular weight is 687 g/mol. The first-order valence-electron chi connectivity index (χ1n) is 14.4. The van der Waals surface area contributed by atoms with E-state index >= 15 is 0 Å². The number of allylic oxidation sites excluding steroid dienone is 1. The number of hydrogen-bond acceptors (Lipinski definition) is 10. The Morgan fingerprint density at radius 1 is 1.13 bits per heavy atom. The molecule has 0 saturated heterocycles. The third-order valence-corrected chi connectivity index (χ3v) is 10.7. The van der Waals surface area contributed by atoms with Crippen LogP contribution in [0.5, 0.6) is 0 Å². The Bertz CT molecular complexity index is 1610. The van der Waals surface area contributed by atoms with Crippen molar-refractivity contribution < 1.29 is 36.3 Å². The highest BCUT2D eigenvalue weighted by molar-refractivity contribution is 7.90. The summed E-state index contributed by atoms with van der Waals surface area (Å²) >= 11 is 7.52. The SMILES string of the molecule is COC(=O)C1=C([C@H]2CC[C@H](S(=O)(=O)NCC(C)(C)C(=O)OC(C)(C)C)CC2)NC(c2nccs2)=NC1c1ccc(F)c(F)c1Cl. The van der Waals surface area contributed by atoms with Gasteiger partial charge in [0, 0.05) is 29.4 Å². The zero-order valence-corrected chi connectivity index (χ0v) is 28.3. The molecule has 0 radical (unpaired) electrons. The number of carbonyl (C=O) groups excluding carboxylic acids is 2. The first kappa shape index (κ1) is 34.9. The smallest absolute Gasteiger partial charge is 0.338 e. The Kier molecular flexibility index (Phi) is 10.4. The number of methoxy groups -OCH3 is 1. The molecule has 1 aromatic heterocycles. The Morgan fingerprint density at radius 3 is 2.38 bits per heavy atom. The standard InChI is InChI=1S/C30H37ClF2N4O6S2/c1-29(2,3)43-28(39)30(4,5)15-35-45(40,41)17-9-7-16(8-10-17)23-20(27(38)42-6)24(18-11-12-19(32)22(33)21(18)31)37-25(36-23)26-34-13-14-44-26/h11-14,16-17,24,35H,7-10,15H2,1-6H3,(H,36,37)/t16-,17-,24?. The van der Waals surface area contributed by atoms with Crippen molar-refractivity contribution in [2.45, 2.75) is 77.2 Å². The van der Waals surface area contributed by atoms with Crippen molar-refractivity contribution >= 4 is 50.7 Å². The molecular formula is C30H37ClF2N4O6S2. The van der Waals surface area contributed by atoms with Crippen molar-refractivity contribution in [2.75, 3.05) is 13.7 Å². The first-order chi connectivity index (χ1) is 20.9. The highest BCUT2D eigenvalue weighted by atomic mass is 35.5. The van der Waals surface area contributed by atoms with Crippen LogP contribution in [0.3, 0.4) is 0 Å². The number of nitrogens with one attached hydrogen (secondary N) is 2. The Hall–Kier alpha value is -2.94. The van der Waals surface area contributed by atoms with Crippen LogP contribution in [0.25, 0.3) is 0 Å². The number of thiazole rings is 1. The largest absolute Gasteiger partial charge is 0.466 e. The molecule has 1 aliphatic carbocycles. The number of aromatic nitrogens is 1. The monoisotopic (exact) mass is 686 g/mol. The number of hydrogen-bond donors (Lipinski definition) is 2. The van der Waals surface area contributed by atoms with E-state index in [1.165, 1.54) is 24.5 Å². The number of rotatable bonds is 9. The Labute approximate surface area is 270 Å². The van der Waals surface area contributed by atoms with E-state index in [0.717, 1.165) is 6.07 Å². The van der Waals surface area contributed by atoms with Crippen molar-refractivity contribution in [3.63, 3.8) is 0 Å². The summed E-state index contributed by atoms with van der Waals surface area (Å²) < 4.78 is 68.3. The molecule has 0 bridgehead atoms. The maximum Gasteiger partial charge on any atom is 0.338 e. The predicted octanol–water partition coefficient (Wildman–Crippen LogP) is 5.44. The van der Waals surface area contributed by atoms with Crippen LogP contribution in [0, 0.1) is 23.0 Å². The summed E-state index contributed by atoms with van der Waals surface area (Å²) in [5.41, 5.74) is -1.24. The van der Waals surface area contributed by atoms with Gasteiger partial charge in [0.2, 0.25) is 10.0 Å². The third-order valence-electron chi connectivity index (χ3n) is 7.66. The van der Waals surface area contributed by atoms with Crippen LogP contribution in [0.15, 0.2) is 40.0 Å². The Balaban J connectivity index is 1.60. The van der Waals surface area contributed by atoms with E-state index < -0.39 is 60.9 Å². The van der Waals surface area contributed by atoms with E-state index in [2.05, 4.69) is 20.0 Å². The first-order valence-corrected chi connectivity index (χ1v) is 17.2. The molecule has 1 atom stereocenters. The van der Waals surface area contributed by atoms with Crippen molar-refractivity contribution in [1.82, 2.24) is 15.0 Å². The molecule has 4 rings (SSSR count). The Morgan fingerprint density at radius 2 is 1.80 bits per heavy atom. The number of aliphatic imine (C=N–C) groups is 1. The van der Waals surface area contributed by atoms with Gasteiger partial charge in [-0.05, 0) is 72.3 Å². The second kappa shape index (κ2) is 13.4. The summed E-state index contributed by atoms with van der Waals surface area (Å²) in [6.45, 7) is 8.33. The van der Waals surface area contributed by atoms with Gasteiger partial charge < -0.3 is 14.8 Å². The molecule has 0 spiro atoms. The number of halogens is 3. The summed E-state index contributed by atoms with van der Waals surface area (Å²) in [5, 5.41) is 4.20. The third kappa shape index (κ3) is 7.90. The fourth-order valence-electron chi connectivity index (χ4n) is 5.20. The summed E-state index contributed by atoms with van der Waals surface area (Å²) in [4.78, 5) is 34.8. The fraction of sp³-hybridized carbons (Fsp3) is 0.533. The molecule has 2 aromatic rings. The van der Waals surface area contributed by atoms with E-state index in [4.69, 9.17) is 21.1 Å². The molecule has 10 nitrogen and oxygen atoms in total. The summed E-state index contributed by atoms with van der Waals surface area (Å²) in [7, 11) is -2.61. The van der Waals surface area contributed by atoms with Gasteiger partial charge in [0.1, 0.15) is 11.6 Å². The maximum absolute atomic E-state index is 14.6. The van der Waals surface area contributed by atoms with Gasteiger partial charge in [0.15, 0.2) is 22.5 Å². The van der Waals surface area contributed by atoms with Crippen molar-refractivity contribution in [3.05, 3.63) is 62.2 Å². The van der Waals surface area contributed by atoms with Crippen LogP contribution in [0.4, 0.5) is 8.78 Å². The summed E-state index contributed by atoms with van der Waals surface area (Å²) in [5.74, 6) is -3.70. The van der Waals surface area contributed by atoms with E-state index in [0.29, 0.717) is 29.4 Å². The van der Waals surface area contributed by atoms with Gasteiger partial charge in [0.05, 0.1) is 28.4 Å². The number of esters is 2. The van der Waals surface area contributed by atoms with Gasteiger partial charge in [0.25, 0.3) is 0 Å². The van der Waals surface area contributed by atoms with E-state index in [9.17, 15) is 26.8 Å². The number of amidine groups is 1. The molecule has 1 unspecified atom stereocenters. The molecular weight excluding hydrogens is 650 g/mol. The van der Waals surface area contributed by atoms with Gasteiger partial charge in [-0.2, -0.15) is 0 Å². The minimum Gasteiger partial charge on any atom is -0.466 e. The zero-order chi connectivity index (χ0) is 33.3. The molecule has 1 aliphatic heterocycles.